The predicted octanol–water partition coefficient (Wildman–Crippen LogP) is 1.69. The molecular formula is C20H23N5O3. The van der Waals surface area contributed by atoms with Crippen LogP contribution >= 0.6 is 0 Å². The molecule has 1 N–H and O–H groups in total. The number of hydrogen-bond donors (Lipinski definition) is 1. The molecule has 0 aliphatic carbocycles. The molecule has 28 heavy (non-hydrogen) atoms. The fourth-order valence-corrected chi connectivity index (χ4v) is 3.62. The van der Waals surface area contributed by atoms with Gasteiger partial charge in [-0.2, -0.15) is 5.10 Å². The zero-order chi connectivity index (χ0) is 19.8. The van der Waals surface area contributed by atoms with Crippen LogP contribution in [0.1, 0.15) is 53.3 Å². The standard InChI is InChI=1S/C20H23N5O3/c1-3-17(26)16-10-14-12-23(8-5-9-24(14)22-16)19(27)15-11-21-18-7-4-6-13(2)25(18)20(15)28/h4,6-7,10-11,17,26H,3,5,8-9,12H2,1-2H3/t17-/m1/s1. The minimum absolute atomic E-state index is 0.0635. The van der Waals surface area contributed by atoms with E-state index < -0.39 is 6.10 Å². The Morgan fingerprint density at radius 2 is 2.14 bits per heavy atom. The van der Waals surface area contributed by atoms with Gasteiger partial charge in [0.25, 0.3) is 11.5 Å². The van der Waals surface area contributed by atoms with Crippen molar-refractivity contribution in [3.63, 3.8) is 0 Å². The number of nitrogens with zero attached hydrogens (tertiary/aromatic N) is 5. The van der Waals surface area contributed by atoms with Crippen LogP contribution in [0.4, 0.5) is 0 Å². The number of aliphatic hydroxyl groups is 1. The largest absolute Gasteiger partial charge is 0.387 e. The maximum Gasteiger partial charge on any atom is 0.270 e. The fraction of sp³-hybridized carbons (Fsp3) is 0.400. The van der Waals surface area contributed by atoms with Gasteiger partial charge in [-0.05, 0) is 38.0 Å². The van der Waals surface area contributed by atoms with Crippen LogP contribution in [0.25, 0.3) is 5.65 Å². The summed E-state index contributed by atoms with van der Waals surface area (Å²) in [7, 11) is 0. The zero-order valence-corrected chi connectivity index (χ0v) is 16.0. The summed E-state index contributed by atoms with van der Waals surface area (Å²) in [6.45, 7) is 5.26. The van der Waals surface area contributed by atoms with Crippen LogP contribution in [0, 0.1) is 6.92 Å². The van der Waals surface area contributed by atoms with E-state index in [4.69, 9.17) is 0 Å². The summed E-state index contributed by atoms with van der Waals surface area (Å²) in [6.07, 6.45) is 2.07. The molecule has 1 aliphatic heterocycles. The Morgan fingerprint density at radius 3 is 2.93 bits per heavy atom. The molecule has 0 fully saturated rings. The molecule has 1 amide bonds. The molecule has 8 nitrogen and oxygen atoms in total. The van der Waals surface area contributed by atoms with Gasteiger partial charge in [0, 0.05) is 25.0 Å². The molecule has 0 radical (unpaired) electrons. The second-order valence-corrected chi connectivity index (χ2v) is 7.13. The summed E-state index contributed by atoms with van der Waals surface area (Å²) in [5.41, 5.74) is 2.44. The minimum Gasteiger partial charge on any atom is -0.387 e. The number of aryl methyl sites for hydroxylation is 2. The first-order valence-electron chi connectivity index (χ1n) is 9.51. The van der Waals surface area contributed by atoms with Gasteiger partial charge in [-0.25, -0.2) is 4.98 Å². The Morgan fingerprint density at radius 1 is 1.32 bits per heavy atom. The number of rotatable bonds is 3. The summed E-state index contributed by atoms with van der Waals surface area (Å²) in [6, 6.07) is 7.23. The van der Waals surface area contributed by atoms with Crippen molar-refractivity contribution in [1.82, 2.24) is 24.1 Å². The summed E-state index contributed by atoms with van der Waals surface area (Å²) in [4.78, 5) is 32.0. The van der Waals surface area contributed by atoms with Gasteiger partial charge in [-0.1, -0.05) is 13.0 Å². The molecule has 4 heterocycles. The lowest BCUT2D eigenvalue weighted by Crippen LogP contribution is -2.36. The van der Waals surface area contributed by atoms with Gasteiger partial charge in [-0.3, -0.25) is 18.7 Å². The van der Waals surface area contributed by atoms with Gasteiger partial charge in [0.2, 0.25) is 0 Å². The first-order chi connectivity index (χ1) is 13.5. The third-order valence-electron chi connectivity index (χ3n) is 5.20. The van der Waals surface area contributed by atoms with Crippen molar-refractivity contribution in [3.8, 4) is 0 Å². The van der Waals surface area contributed by atoms with Gasteiger partial charge in [0.15, 0.2) is 0 Å². The number of amides is 1. The van der Waals surface area contributed by atoms with E-state index in [-0.39, 0.29) is 17.0 Å². The second-order valence-electron chi connectivity index (χ2n) is 7.13. The third-order valence-corrected chi connectivity index (χ3v) is 5.20. The maximum absolute atomic E-state index is 13.1. The molecule has 8 heteroatoms. The second kappa shape index (κ2) is 7.20. The van der Waals surface area contributed by atoms with Gasteiger partial charge >= 0.3 is 0 Å². The van der Waals surface area contributed by atoms with Crippen molar-refractivity contribution < 1.29 is 9.90 Å². The van der Waals surface area contributed by atoms with Gasteiger partial charge in [-0.15, -0.1) is 0 Å². The molecule has 0 aromatic carbocycles. The van der Waals surface area contributed by atoms with Crippen molar-refractivity contribution in [2.24, 2.45) is 0 Å². The van der Waals surface area contributed by atoms with Crippen molar-refractivity contribution in [2.45, 2.75) is 45.9 Å². The predicted molar refractivity (Wildman–Crippen MR) is 103 cm³/mol. The van der Waals surface area contributed by atoms with Crippen LogP contribution in [-0.2, 0) is 13.1 Å². The van der Waals surface area contributed by atoms with E-state index >= 15 is 0 Å². The smallest absolute Gasteiger partial charge is 0.270 e. The van der Waals surface area contributed by atoms with Gasteiger partial charge < -0.3 is 10.0 Å². The molecule has 1 atom stereocenters. The number of pyridine rings is 1. The zero-order valence-electron chi connectivity index (χ0n) is 16.0. The van der Waals surface area contributed by atoms with Crippen molar-refractivity contribution in [2.75, 3.05) is 6.54 Å². The minimum atomic E-state index is -0.610. The quantitative estimate of drug-likeness (QED) is 0.745. The summed E-state index contributed by atoms with van der Waals surface area (Å²) >= 11 is 0. The molecular weight excluding hydrogens is 358 g/mol. The number of aliphatic hydroxyl groups excluding tert-OH is 1. The highest BCUT2D eigenvalue weighted by molar-refractivity contribution is 5.93. The number of carbonyl (C=O) groups excluding carboxylic acids is 1. The number of hydrogen-bond acceptors (Lipinski definition) is 5. The highest BCUT2D eigenvalue weighted by Crippen LogP contribution is 2.20. The molecule has 4 rings (SSSR count). The van der Waals surface area contributed by atoms with Crippen LogP contribution in [0.5, 0.6) is 0 Å². The topological polar surface area (TPSA) is 92.7 Å². The van der Waals surface area contributed by atoms with E-state index in [9.17, 15) is 14.7 Å². The van der Waals surface area contributed by atoms with Crippen LogP contribution in [0.15, 0.2) is 35.3 Å². The maximum atomic E-state index is 13.1. The van der Waals surface area contributed by atoms with E-state index in [1.165, 1.54) is 10.6 Å². The molecule has 146 valence electrons. The Balaban J connectivity index is 1.68. The van der Waals surface area contributed by atoms with Crippen LogP contribution in [0.2, 0.25) is 0 Å². The SMILES string of the molecule is CC[C@@H](O)c1cc2n(n1)CCCN(C(=O)c1cnc3cccc(C)n3c1=O)C2. The van der Waals surface area contributed by atoms with Gasteiger partial charge in [0.05, 0.1) is 24.0 Å². The first kappa shape index (κ1) is 18.4. The monoisotopic (exact) mass is 381 g/mol. The third kappa shape index (κ3) is 3.09. The molecule has 0 spiro atoms. The van der Waals surface area contributed by atoms with E-state index in [1.54, 1.807) is 11.0 Å². The molecule has 0 saturated carbocycles. The number of carbonyl (C=O) groups is 1. The Kier molecular flexibility index (Phi) is 4.72. The van der Waals surface area contributed by atoms with E-state index in [1.807, 2.05) is 36.7 Å². The normalized spacial score (nSPS) is 15.3. The first-order valence-corrected chi connectivity index (χ1v) is 9.51. The van der Waals surface area contributed by atoms with Crippen molar-refractivity contribution in [3.05, 3.63) is 63.5 Å². The lowest BCUT2D eigenvalue weighted by Gasteiger charge is -2.20. The average Bonchev–Trinajstić information content (AvgIpc) is 2.98. The molecule has 3 aromatic heterocycles. The highest BCUT2D eigenvalue weighted by Gasteiger charge is 2.25. The Labute approximate surface area is 162 Å². The van der Waals surface area contributed by atoms with E-state index in [0.29, 0.717) is 37.4 Å². The lowest BCUT2D eigenvalue weighted by molar-refractivity contribution is 0.0743. The fourth-order valence-electron chi connectivity index (χ4n) is 3.62. The molecule has 3 aromatic rings. The Bertz CT molecular complexity index is 1100. The molecule has 0 saturated heterocycles. The van der Waals surface area contributed by atoms with Gasteiger partial charge in [0.1, 0.15) is 11.2 Å². The van der Waals surface area contributed by atoms with E-state index in [2.05, 4.69) is 10.1 Å². The molecule has 0 bridgehead atoms. The summed E-state index contributed by atoms with van der Waals surface area (Å²) in [5, 5.41) is 14.5. The number of aromatic nitrogens is 4. The van der Waals surface area contributed by atoms with E-state index in [0.717, 1.165) is 17.8 Å². The summed E-state index contributed by atoms with van der Waals surface area (Å²) < 4.78 is 3.31. The summed E-state index contributed by atoms with van der Waals surface area (Å²) in [5.74, 6) is -0.331. The van der Waals surface area contributed by atoms with Crippen LogP contribution < -0.4 is 5.56 Å². The number of fused-ring (bicyclic) bond motifs is 2. The van der Waals surface area contributed by atoms with Crippen LogP contribution in [-0.4, -0.2) is 41.6 Å². The van der Waals surface area contributed by atoms with Crippen LogP contribution in [0.3, 0.4) is 0 Å². The highest BCUT2D eigenvalue weighted by atomic mass is 16.3. The lowest BCUT2D eigenvalue weighted by atomic mass is 10.2. The molecule has 1 aliphatic rings. The average molecular weight is 381 g/mol. The Hall–Kier alpha value is -3.00. The van der Waals surface area contributed by atoms with Crippen molar-refractivity contribution >= 4 is 11.6 Å². The van der Waals surface area contributed by atoms with Crippen molar-refractivity contribution in [1.29, 1.82) is 0 Å². The molecule has 0 unspecified atom stereocenters.